The molecular weight excluding hydrogens is 316 g/mol. The van der Waals surface area contributed by atoms with Gasteiger partial charge in [-0.3, -0.25) is 9.59 Å². The van der Waals surface area contributed by atoms with Gasteiger partial charge >= 0.3 is 11.9 Å². The first-order valence-electron chi connectivity index (χ1n) is 10.4. The SMILES string of the molecule is CCCCCCCCCCCCCCOC(=O)CC(=O)OCC(C)C. The molecule has 25 heavy (non-hydrogen) atoms. The number of esters is 2. The molecule has 0 fully saturated rings. The van der Waals surface area contributed by atoms with Crippen LogP contribution in [-0.4, -0.2) is 25.2 Å². The predicted molar refractivity (Wildman–Crippen MR) is 102 cm³/mol. The number of unbranched alkanes of at least 4 members (excludes halogenated alkanes) is 11. The van der Waals surface area contributed by atoms with Gasteiger partial charge in [0.15, 0.2) is 0 Å². The van der Waals surface area contributed by atoms with E-state index in [2.05, 4.69) is 6.92 Å². The maximum atomic E-state index is 11.5. The van der Waals surface area contributed by atoms with Crippen LogP contribution in [0.2, 0.25) is 0 Å². The van der Waals surface area contributed by atoms with Crippen molar-refractivity contribution in [2.45, 2.75) is 104 Å². The molecular formula is C21H40O4. The van der Waals surface area contributed by atoms with Gasteiger partial charge in [-0.25, -0.2) is 0 Å². The Bertz CT molecular complexity index is 326. The highest BCUT2D eigenvalue weighted by molar-refractivity contribution is 5.91. The highest BCUT2D eigenvalue weighted by atomic mass is 16.6. The van der Waals surface area contributed by atoms with E-state index in [0.717, 1.165) is 12.8 Å². The van der Waals surface area contributed by atoms with Crippen molar-refractivity contribution in [1.29, 1.82) is 0 Å². The molecule has 4 nitrogen and oxygen atoms in total. The summed E-state index contributed by atoms with van der Waals surface area (Å²) < 4.78 is 10.0. The van der Waals surface area contributed by atoms with Crippen LogP contribution in [0.5, 0.6) is 0 Å². The molecule has 0 atom stereocenters. The van der Waals surface area contributed by atoms with Gasteiger partial charge in [0.05, 0.1) is 13.2 Å². The number of hydrogen-bond donors (Lipinski definition) is 0. The third-order valence-electron chi connectivity index (χ3n) is 4.13. The van der Waals surface area contributed by atoms with E-state index in [-0.39, 0.29) is 12.3 Å². The minimum absolute atomic E-state index is 0.273. The fourth-order valence-corrected chi connectivity index (χ4v) is 2.61. The van der Waals surface area contributed by atoms with E-state index in [1.165, 1.54) is 64.2 Å². The van der Waals surface area contributed by atoms with Gasteiger partial charge in [-0.1, -0.05) is 91.4 Å². The molecule has 0 aromatic carbocycles. The maximum Gasteiger partial charge on any atom is 0.317 e. The van der Waals surface area contributed by atoms with Gasteiger partial charge in [0.1, 0.15) is 6.42 Å². The summed E-state index contributed by atoms with van der Waals surface area (Å²) in [6.07, 6.45) is 15.1. The zero-order valence-electron chi connectivity index (χ0n) is 16.8. The molecule has 0 aliphatic carbocycles. The van der Waals surface area contributed by atoms with Crippen LogP contribution in [-0.2, 0) is 19.1 Å². The monoisotopic (exact) mass is 356 g/mol. The van der Waals surface area contributed by atoms with Crippen LogP contribution in [0, 0.1) is 5.92 Å². The van der Waals surface area contributed by atoms with Gasteiger partial charge in [-0.15, -0.1) is 0 Å². The molecule has 0 saturated carbocycles. The second-order valence-corrected chi connectivity index (χ2v) is 7.36. The zero-order valence-corrected chi connectivity index (χ0v) is 16.8. The van der Waals surface area contributed by atoms with Crippen LogP contribution in [0.1, 0.15) is 104 Å². The van der Waals surface area contributed by atoms with Gasteiger partial charge < -0.3 is 9.47 Å². The summed E-state index contributed by atoms with van der Waals surface area (Å²) in [5.41, 5.74) is 0. The van der Waals surface area contributed by atoms with Crippen molar-refractivity contribution >= 4 is 11.9 Å². The lowest BCUT2D eigenvalue weighted by atomic mass is 10.1. The highest BCUT2D eigenvalue weighted by Crippen LogP contribution is 2.12. The molecule has 0 aliphatic heterocycles. The number of carbonyl (C=O) groups is 2. The maximum absolute atomic E-state index is 11.5. The van der Waals surface area contributed by atoms with Gasteiger partial charge in [0, 0.05) is 0 Å². The lowest BCUT2D eigenvalue weighted by molar-refractivity contribution is -0.155. The van der Waals surface area contributed by atoms with E-state index in [9.17, 15) is 9.59 Å². The average Bonchev–Trinajstić information content (AvgIpc) is 2.57. The van der Waals surface area contributed by atoms with E-state index in [4.69, 9.17) is 9.47 Å². The van der Waals surface area contributed by atoms with Crippen molar-refractivity contribution in [3.05, 3.63) is 0 Å². The van der Waals surface area contributed by atoms with Crippen molar-refractivity contribution in [3.63, 3.8) is 0 Å². The summed E-state index contributed by atoms with van der Waals surface area (Å²) in [4.78, 5) is 22.8. The molecule has 0 N–H and O–H groups in total. The van der Waals surface area contributed by atoms with Crippen LogP contribution < -0.4 is 0 Å². The molecule has 0 rings (SSSR count). The summed E-state index contributed by atoms with van der Waals surface area (Å²) >= 11 is 0. The van der Waals surface area contributed by atoms with Gasteiger partial charge in [0.25, 0.3) is 0 Å². The van der Waals surface area contributed by atoms with Crippen LogP contribution in [0.3, 0.4) is 0 Å². The van der Waals surface area contributed by atoms with Crippen molar-refractivity contribution in [2.75, 3.05) is 13.2 Å². The topological polar surface area (TPSA) is 52.6 Å². The van der Waals surface area contributed by atoms with Crippen molar-refractivity contribution < 1.29 is 19.1 Å². The molecule has 0 aromatic heterocycles. The summed E-state index contributed by atoms with van der Waals surface area (Å²) in [7, 11) is 0. The molecule has 0 unspecified atom stereocenters. The Morgan fingerprint density at radius 2 is 1.12 bits per heavy atom. The van der Waals surface area contributed by atoms with E-state index in [1.54, 1.807) is 0 Å². The summed E-state index contributed by atoms with van der Waals surface area (Å²) in [5.74, 6) is -0.689. The minimum Gasteiger partial charge on any atom is -0.465 e. The Kier molecular flexibility index (Phi) is 17.0. The van der Waals surface area contributed by atoms with Crippen LogP contribution in [0.15, 0.2) is 0 Å². The Hall–Kier alpha value is -1.06. The summed E-state index contributed by atoms with van der Waals surface area (Å²) in [5, 5.41) is 0. The smallest absolute Gasteiger partial charge is 0.317 e. The predicted octanol–water partition coefficient (Wildman–Crippen LogP) is 5.82. The third-order valence-corrected chi connectivity index (χ3v) is 4.13. The van der Waals surface area contributed by atoms with Gasteiger partial charge in [-0.2, -0.15) is 0 Å². The first kappa shape index (κ1) is 23.9. The van der Waals surface area contributed by atoms with E-state index in [0.29, 0.717) is 13.2 Å². The Morgan fingerprint density at radius 3 is 1.60 bits per heavy atom. The second kappa shape index (κ2) is 17.8. The quantitative estimate of drug-likeness (QED) is 0.187. The standard InChI is InChI=1S/C21H40O4/c1-4-5-6-7-8-9-10-11-12-13-14-15-16-24-20(22)17-21(23)25-18-19(2)3/h19H,4-18H2,1-3H3. The Balaban J connectivity index is 3.27. The van der Waals surface area contributed by atoms with E-state index < -0.39 is 11.9 Å². The molecule has 0 amide bonds. The third kappa shape index (κ3) is 19.1. The van der Waals surface area contributed by atoms with Crippen LogP contribution in [0.25, 0.3) is 0 Å². The fraction of sp³-hybridized carbons (Fsp3) is 0.905. The molecule has 0 spiro atoms. The Labute approximate surface area is 155 Å². The summed E-state index contributed by atoms with van der Waals surface area (Å²) in [6.45, 7) is 6.93. The molecule has 4 heteroatoms. The number of carbonyl (C=O) groups excluding carboxylic acids is 2. The molecule has 148 valence electrons. The normalized spacial score (nSPS) is 10.9. The fourth-order valence-electron chi connectivity index (χ4n) is 2.61. The molecule has 0 aromatic rings. The molecule has 0 aliphatic rings. The summed E-state index contributed by atoms with van der Waals surface area (Å²) in [6, 6.07) is 0. The number of rotatable bonds is 17. The highest BCUT2D eigenvalue weighted by Gasteiger charge is 2.12. The number of ether oxygens (including phenoxy) is 2. The molecule has 0 radical (unpaired) electrons. The molecule has 0 bridgehead atoms. The molecule has 0 heterocycles. The van der Waals surface area contributed by atoms with Gasteiger partial charge in [0.2, 0.25) is 0 Å². The molecule has 0 saturated heterocycles. The van der Waals surface area contributed by atoms with Crippen molar-refractivity contribution in [3.8, 4) is 0 Å². The van der Waals surface area contributed by atoms with E-state index >= 15 is 0 Å². The van der Waals surface area contributed by atoms with Crippen molar-refractivity contribution in [2.24, 2.45) is 5.92 Å². The first-order valence-corrected chi connectivity index (χ1v) is 10.4. The lowest BCUT2D eigenvalue weighted by Crippen LogP contribution is -2.16. The van der Waals surface area contributed by atoms with Crippen LogP contribution in [0.4, 0.5) is 0 Å². The second-order valence-electron chi connectivity index (χ2n) is 7.36. The van der Waals surface area contributed by atoms with Gasteiger partial charge in [-0.05, 0) is 12.3 Å². The minimum atomic E-state index is -0.492. The zero-order chi connectivity index (χ0) is 18.8. The number of hydrogen-bond acceptors (Lipinski definition) is 4. The van der Waals surface area contributed by atoms with E-state index in [1.807, 2.05) is 13.8 Å². The lowest BCUT2D eigenvalue weighted by Gasteiger charge is -2.07. The Morgan fingerprint density at radius 1 is 0.680 bits per heavy atom. The largest absolute Gasteiger partial charge is 0.465 e. The van der Waals surface area contributed by atoms with Crippen LogP contribution >= 0.6 is 0 Å². The first-order chi connectivity index (χ1) is 12.1. The van der Waals surface area contributed by atoms with Crippen molar-refractivity contribution in [1.82, 2.24) is 0 Å². The average molecular weight is 357 g/mol.